The minimum absolute atomic E-state index is 0.445. The molecule has 3 aromatic rings. The van der Waals surface area contributed by atoms with E-state index in [1.807, 2.05) is 25.1 Å². The van der Waals surface area contributed by atoms with E-state index in [4.69, 9.17) is 4.42 Å². The van der Waals surface area contributed by atoms with Crippen LogP contribution in [0.5, 0.6) is 0 Å². The fraction of sp³-hybridized carbons (Fsp3) is 0.375. The van der Waals surface area contributed by atoms with Gasteiger partial charge in [0.05, 0.1) is 6.54 Å². The van der Waals surface area contributed by atoms with Crippen molar-refractivity contribution in [3.63, 3.8) is 0 Å². The van der Waals surface area contributed by atoms with Crippen molar-refractivity contribution in [2.24, 2.45) is 0 Å². The summed E-state index contributed by atoms with van der Waals surface area (Å²) in [6.07, 6.45) is 2.08. The number of furan rings is 1. The second-order valence-corrected chi connectivity index (χ2v) is 5.64. The van der Waals surface area contributed by atoms with Gasteiger partial charge in [0.25, 0.3) is 0 Å². The van der Waals surface area contributed by atoms with E-state index in [1.165, 1.54) is 0 Å². The molecule has 0 radical (unpaired) electrons. The zero-order valence-corrected chi connectivity index (χ0v) is 12.0. The Labute approximate surface area is 123 Å². The van der Waals surface area contributed by atoms with Crippen LogP contribution in [-0.2, 0) is 19.5 Å². The summed E-state index contributed by atoms with van der Waals surface area (Å²) in [5.41, 5.74) is 0.954. The van der Waals surface area contributed by atoms with Crippen molar-refractivity contribution in [2.45, 2.75) is 38.9 Å². The van der Waals surface area contributed by atoms with Crippen molar-refractivity contribution < 1.29 is 4.42 Å². The highest BCUT2D eigenvalue weighted by atomic mass is 16.3. The highest BCUT2D eigenvalue weighted by Gasteiger charge is 2.21. The number of hydrogen-bond acceptors (Lipinski definition) is 4. The molecule has 2 aromatic heterocycles. The van der Waals surface area contributed by atoms with E-state index in [9.17, 15) is 0 Å². The number of nitrogens with one attached hydrogen (secondary N) is 1. The van der Waals surface area contributed by atoms with Crippen LogP contribution in [0, 0.1) is 6.92 Å². The molecule has 5 heteroatoms. The van der Waals surface area contributed by atoms with Gasteiger partial charge in [-0.05, 0) is 25.5 Å². The molecule has 0 amide bonds. The average Bonchev–Trinajstić information content (AvgIpc) is 3.09. The first-order valence-corrected chi connectivity index (χ1v) is 7.39. The van der Waals surface area contributed by atoms with Crippen molar-refractivity contribution in [3.05, 3.63) is 47.7 Å². The molecule has 108 valence electrons. The van der Waals surface area contributed by atoms with Gasteiger partial charge in [-0.2, -0.15) is 0 Å². The van der Waals surface area contributed by atoms with Gasteiger partial charge >= 0.3 is 0 Å². The minimum atomic E-state index is 0.445. The fourth-order valence-corrected chi connectivity index (χ4v) is 3.00. The summed E-state index contributed by atoms with van der Waals surface area (Å²) >= 11 is 0. The summed E-state index contributed by atoms with van der Waals surface area (Å²) in [7, 11) is 0. The van der Waals surface area contributed by atoms with Crippen LogP contribution >= 0.6 is 0 Å². The zero-order chi connectivity index (χ0) is 14.2. The maximum atomic E-state index is 5.84. The molecule has 1 aromatic carbocycles. The quantitative estimate of drug-likeness (QED) is 0.801. The van der Waals surface area contributed by atoms with Gasteiger partial charge in [0.1, 0.15) is 23.0 Å². The van der Waals surface area contributed by atoms with Gasteiger partial charge in [-0.15, -0.1) is 10.2 Å². The van der Waals surface area contributed by atoms with E-state index in [-0.39, 0.29) is 0 Å². The SMILES string of the molecule is Cc1nnc2n1C[C@H](NCc1cc3ccccc3o1)CC2. The monoisotopic (exact) mass is 282 g/mol. The van der Waals surface area contributed by atoms with Gasteiger partial charge in [-0.25, -0.2) is 0 Å². The number of aryl methyl sites for hydroxylation is 2. The molecule has 0 fully saturated rings. The van der Waals surface area contributed by atoms with Crippen molar-refractivity contribution in [3.8, 4) is 0 Å². The minimum Gasteiger partial charge on any atom is -0.460 e. The Morgan fingerprint density at radius 3 is 3.14 bits per heavy atom. The molecule has 0 aliphatic carbocycles. The first kappa shape index (κ1) is 12.6. The van der Waals surface area contributed by atoms with Gasteiger partial charge in [0.2, 0.25) is 0 Å². The van der Waals surface area contributed by atoms with Crippen LogP contribution in [0.1, 0.15) is 23.8 Å². The smallest absolute Gasteiger partial charge is 0.134 e. The second kappa shape index (κ2) is 5.00. The molecular formula is C16H18N4O. The van der Waals surface area contributed by atoms with Crippen LogP contribution < -0.4 is 5.32 Å². The van der Waals surface area contributed by atoms with E-state index in [2.05, 4.69) is 32.2 Å². The van der Waals surface area contributed by atoms with E-state index >= 15 is 0 Å². The predicted octanol–water partition coefficient (Wildman–Crippen LogP) is 2.44. The average molecular weight is 282 g/mol. The third-order valence-electron chi connectivity index (χ3n) is 4.17. The summed E-state index contributed by atoms with van der Waals surface area (Å²) < 4.78 is 8.05. The highest BCUT2D eigenvalue weighted by molar-refractivity contribution is 5.77. The Balaban J connectivity index is 1.44. The summed E-state index contributed by atoms with van der Waals surface area (Å²) in [6, 6.07) is 10.7. The highest BCUT2D eigenvalue weighted by Crippen LogP contribution is 2.20. The van der Waals surface area contributed by atoms with Gasteiger partial charge in [-0.3, -0.25) is 0 Å². The molecule has 0 saturated heterocycles. The third-order valence-corrected chi connectivity index (χ3v) is 4.17. The maximum Gasteiger partial charge on any atom is 0.134 e. The summed E-state index contributed by atoms with van der Waals surface area (Å²) in [4.78, 5) is 0. The largest absolute Gasteiger partial charge is 0.460 e. The number of fused-ring (bicyclic) bond motifs is 2. The van der Waals surface area contributed by atoms with Crippen LogP contribution in [0.3, 0.4) is 0 Å². The number of hydrogen-bond donors (Lipinski definition) is 1. The Hall–Kier alpha value is -2.14. The van der Waals surface area contributed by atoms with E-state index in [0.717, 1.165) is 54.3 Å². The lowest BCUT2D eigenvalue weighted by Crippen LogP contribution is -2.37. The van der Waals surface area contributed by atoms with E-state index < -0.39 is 0 Å². The lowest BCUT2D eigenvalue weighted by Gasteiger charge is -2.24. The van der Waals surface area contributed by atoms with Gasteiger partial charge in [-0.1, -0.05) is 18.2 Å². The maximum absolute atomic E-state index is 5.84. The molecule has 0 saturated carbocycles. The summed E-state index contributed by atoms with van der Waals surface area (Å²) in [5.74, 6) is 3.09. The molecule has 1 aliphatic rings. The van der Waals surface area contributed by atoms with E-state index in [1.54, 1.807) is 0 Å². The van der Waals surface area contributed by atoms with Gasteiger partial charge < -0.3 is 14.3 Å². The Kier molecular flexibility index (Phi) is 3.00. The van der Waals surface area contributed by atoms with Crippen molar-refractivity contribution in [1.82, 2.24) is 20.1 Å². The van der Waals surface area contributed by atoms with Crippen molar-refractivity contribution in [2.75, 3.05) is 0 Å². The Bertz CT molecular complexity index is 741. The topological polar surface area (TPSA) is 55.9 Å². The molecule has 0 unspecified atom stereocenters. The van der Waals surface area contributed by atoms with Crippen LogP contribution in [0.25, 0.3) is 11.0 Å². The van der Waals surface area contributed by atoms with Crippen LogP contribution in [0.2, 0.25) is 0 Å². The zero-order valence-electron chi connectivity index (χ0n) is 12.0. The number of benzene rings is 1. The molecule has 1 aliphatic heterocycles. The van der Waals surface area contributed by atoms with Crippen molar-refractivity contribution >= 4 is 11.0 Å². The van der Waals surface area contributed by atoms with Gasteiger partial charge in [0, 0.05) is 24.4 Å². The molecule has 5 nitrogen and oxygen atoms in total. The number of nitrogens with zero attached hydrogens (tertiary/aromatic N) is 3. The standard InChI is InChI=1S/C16H18N4O/c1-11-18-19-16-7-6-13(10-20(11)16)17-9-14-8-12-4-2-3-5-15(12)21-14/h2-5,8,13,17H,6-7,9-10H2,1H3/t13-/m1/s1. The van der Waals surface area contributed by atoms with Crippen LogP contribution in [0.4, 0.5) is 0 Å². The lowest BCUT2D eigenvalue weighted by molar-refractivity contribution is 0.362. The molecule has 4 rings (SSSR count). The molecule has 1 atom stereocenters. The van der Waals surface area contributed by atoms with Gasteiger partial charge in [0.15, 0.2) is 0 Å². The van der Waals surface area contributed by atoms with Crippen molar-refractivity contribution in [1.29, 1.82) is 0 Å². The van der Waals surface area contributed by atoms with E-state index in [0.29, 0.717) is 6.04 Å². The number of para-hydroxylation sites is 1. The summed E-state index contributed by atoms with van der Waals surface area (Å²) in [5, 5.41) is 13.1. The molecule has 0 spiro atoms. The predicted molar refractivity (Wildman–Crippen MR) is 79.9 cm³/mol. The normalized spacial score (nSPS) is 18.0. The third kappa shape index (κ3) is 2.34. The number of rotatable bonds is 3. The Morgan fingerprint density at radius 2 is 2.24 bits per heavy atom. The second-order valence-electron chi connectivity index (χ2n) is 5.64. The molecule has 0 bridgehead atoms. The molecule has 3 heterocycles. The molecule has 21 heavy (non-hydrogen) atoms. The number of aromatic nitrogens is 3. The first-order valence-electron chi connectivity index (χ1n) is 7.39. The fourth-order valence-electron chi connectivity index (χ4n) is 3.00. The molecule has 1 N–H and O–H groups in total. The Morgan fingerprint density at radius 1 is 1.33 bits per heavy atom. The van der Waals surface area contributed by atoms with Crippen LogP contribution in [-0.4, -0.2) is 20.8 Å². The first-order chi connectivity index (χ1) is 10.3. The van der Waals surface area contributed by atoms with Crippen LogP contribution in [0.15, 0.2) is 34.7 Å². The lowest BCUT2D eigenvalue weighted by atomic mass is 10.1. The summed E-state index contributed by atoms with van der Waals surface area (Å²) in [6.45, 7) is 3.71. The molecular weight excluding hydrogens is 264 g/mol.